The minimum Gasteiger partial charge on any atom is -0.377 e. The summed E-state index contributed by atoms with van der Waals surface area (Å²) in [5, 5.41) is 0.958. The van der Waals surface area contributed by atoms with Crippen molar-refractivity contribution in [3.05, 3.63) is 0 Å². The first-order chi connectivity index (χ1) is 10.5. The number of ether oxygens (including phenoxy) is 1. The number of hydrogen-bond acceptors (Lipinski definition) is 1. The normalized spacial score (nSPS) is 14.7. The molecule has 0 heterocycles. The van der Waals surface area contributed by atoms with E-state index in [1.165, 1.54) is 57.8 Å². The van der Waals surface area contributed by atoms with Gasteiger partial charge in [-0.05, 0) is 37.0 Å². The molecule has 0 aliphatic rings. The molecular weight excluding hydrogens is 336 g/mol. The molecule has 0 spiro atoms. The molecule has 0 rings (SSSR count). The molecule has 0 saturated carbocycles. The third-order valence-corrected chi connectivity index (χ3v) is 4.77. The molecule has 0 fully saturated rings. The van der Waals surface area contributed by atoms with Gasteiger partial charge in [0.25, 0.3) is 0 Å². The zero-order chi connectivity index (χ0) is 16.8. The molecule has 0 aliphatic carbocycles. The maximum atomic E-state index is 6.04. The van der Waals surface area contributed by atoms with Crippen molar-refractivity contribution in [1.29, 1.82) is 0 Å². The monoisotopic (exact) mass is 376 g/mol. The van der Waals surface area contributed by atoms with E-state index in [2.05, 4.69) is 50.5 Å². The van der Waals surface area contributed by atoms with Gasteiger partial charge in [0.1, 0.15) is 0 Å². The molecule has 0 N–H and O–H groups in total. The average molecular weight is 377 g/mol. The molecule has 22 heavy (non-hydrogen) atoms. The summed E-state index contributed by atoms with van der Waals surface area (Å²) in [4.78, 5) is 0. The minimum atomic E-state index is 0.484. The van der Waals surface area contributed by atoms with E-state index in [4.69, 9.17) is 4.74 Å². The zero-order valence-corrected chi connectivity index (χ0v) is 17.5. The molecule has 0 bridgehead atoms. The number of hydrogen-bond donors (Lipinski definition) is 0. The first kappa shape index (κ1) is 22.4. The van der Waals surface area contributed by atoms with Crippen LogP contribution in [-0.2, 0) is 4.74 Å². The Morgan fingerprint density at radius 1 is 0.682 bits per heavy atom. The molecular formula is C20H41BrO. The summed E-state index contributed by atoms with van der Waals surface area (Å²) in [5.74, 6) is 2.54. The Labute approximate surface area is 149 Å². The van der Waals surface area contributed by atoms with Crippen LogP contribution in [-0.4, -0.2) is 18.0 Å². The lowest BCUT2D eigenvalue weighted by Crippen LogP contribution is -2.16. The van der Waals surface area contributed by atoms with Crippen molar-refractivity contribution in [2.45, 2.75) is 98.5 Å². The summed E-state index contributed by atoms with van der Waals surface area (Å²) < 4.78 is 6.04. The highest BCUT2D eigenvalue weighted by molar-refractivity contribution is 9.09. The molecule has 0 aromatic rings. The van der Waals surface area contributed by atoms with Gasteiger partial charge in [-0.3, -0.25) is 0 Å². The summed E-state index contributed by atoms with van der Waals surface area (Å²) in [6.45, 7) is 12.6. The number of halogens is 1. The summed E-state index contributed by atoms with van der Waals surface area (Å²) in [7, 11) is 0. The number of rotatable bonds is 15. The first-order valence-electron chi connectivity index (χ1n) is 9.63. The second-order valence-corrected chi connectivity index (χ2v) is 8.66. The predicted molar refractivity (Wildman–Crippen MR) is 104 cm³/mol. The Morgan fingerprint density at radius 3 is 1.86 bits per heavy atom. The SMILES string of the molecule is CC(C)CCCCC(CCC(C)CCCC(C)C)OCCBr. The van der Waals surface area contributed by atoms with Gasteiger partial charge >= 0.3 is 0 Å². The van der Waals surface area contributed by atoms with Crippen LogP contribution >= 0.6 is 15.9 Å². The molecule has 1 nitrogen and oxygen atoms in total. The highest BCUT2D eigenvalue weighted by Crippen LogP contribution is 2.21. The highest BCUT2D eigenvalue weighted by Gasteiger charge is 2.12. The minimum absolute atomic E-state index is 0.484. The van der Waals surface area contributed by atoms with Crippen molar-refractivity contribution in [1.82, 2.24) is 0 Å². The fourth-order valence-corrected chi connectivity index (χ4v) is 3.12. The number of unbranched alkanes of at least 4 members (excludes halogenated alkanes) is 1. The van der Waals surface area contributed by atoms with Crippen molar-refractivity contribution < 1.29 is 4.74 Å². The Morgan fingerprint density at radius 2 is 1.27 bits per heavy atom. The van der Waals surface area contributed by atoms with Crippen molar-refractivity contribution in [3.8, 4) is 0 Å². The molecule has 0 radical (unpaired) electrons. The fraction of sp³-hybridized carbons (Fsp3) is 1.00. The Kier molecular flexibility index (Phi) is 15.3. The Bertz CT molecular complexity index is 228. The zero-order valence-electron chi connectivity index (χ0n) is 15.9. The van der Waals surface area contributed by atoms with Crippen molar-refractivity contribution in [2.24, 2.45) is 17.8 Å². The van der Waals surface area contributed by atoms with Gasteiger partial charge in [0.05, 0.1) is 12.7 Å². The van der Waals surface area contributed by atoms with E-state index in [9.17, 15) is 0 Å². The number of alkyl halides is 1. The highest BCUT2D eigenvalue weighted by atomic mass is 79.9. The van der Waals surface area contributed by atoms with E-state index in [1.54, 1.807) is 0 Å². The van der Waals surface area contributed by atoms with E-state index < -0.39 is 0 Å². The fourth-order valence-electron chi connectivity index (χ4n) is 2.94. The Balaban J connectivity index is 3.86. The lowest BCUT2D eigenvalue weighted by atomic mass is 9.93. The molecule has 2 heteroatoms. The molecule has 0 aromatic heterocycles. The maximum Gasteiger partial charge on any atom is 0.0575 e. The van der Waals surface area contributed by atoms with Crippen LogP contribution in [0.3, 0.4) is 0 Å². The lowest BCUT2D eigenvalue weighted by molar-refractivity contribution is 0.0463. The molecule has 2 unspecified atom stereocenters. The van der Waals surface area contributed by atoms with Crippen LogP contribution in [0.1, 0.15) is 92.4 Å². The largest absolute Gasteiger partial charge is 0.377 e. The second-order valence-electron chi connectivity index (χ2n) is 7.87. The molecule has 0 aliphatic heterocycles. The smallest absolute Gasteiger partial charge is 0.0575 e. The summed E-state index contributed by atoms with van der Waals surface area (Å²) in [5.41, 5.74) is 0. The summed E-state index contributed by atoms with van der Waals surface area (Å²) >= 11 is 3.48. The van der Waals surface area contributed by atoms with E-state index >= 15 is 0 Å². The predicted octanol–water partition coefficient (Wildman–Crippen LogP) is 7.23. The van der Waals surface area contributed by atoms with Crippen LogP contribution in [0.4, 0.5) is 0 Å². The van der Waals surface area contributed by atoms with E-state index in [0.717, 1.165) is 29.7 Å². The van der Waals surface area contributed by atoms with E-state index in [1.807, 2.05) is 0 Å². The summed E-state index contributed by atoms with van der Waals surface area (Å²) in [6.07, 6.45) is 12.5. The average Bonchev–Trinajstić information content (AvgIpc) is 2.44. The van der Waals surface area contributed by atoms with Gasteiger partial charge in [-0.1, -0.05) is 89.1 Å². The summed E-state index contributed by atoms with van der Waals surface area (Å²) in [6, 6.07) is 0. The Hall–Kier alpha value is 0.440. The van der Waals surface area contributed by atoms with E-state index in [-0.39, 0.29) is 0 Å². The molecule has 134 valence electrons. The third kappa shape index (κ3) is 15.3. The molecule has 0 saturated heterocycles. The van der Waals surface area contributed by atoms with Crippen LogP contribution in [0.5, 0.6) is 0 Å². The van der Waals surface area contributed by atoms with Crippen molar-refractivity contribution in [3.63, 3.8) is 0 Å². The molecule has 0 aromatic carbocycles. The van der Waals surface area contributed by atoms with Crippen LogP contribution in [0, 0.1) is 17.8 Å². The van der Waals surface area contributed by atoms with Crippen LogP contribution in [0.15, 0.2) is 0 Å². The standard InChI is InChI=1S/C20H41BrO/c1-17(2)9-6-7-12-20(22-16-15-21)14-13-19(5)11-8-10-18(3)4/h17-20H,6-16H2,1-5H3. The van der Waals surface area contributed by atoms with Crippen LogP contribution in [0.25, 0.3) is 0 Å². The van der Waals surface area contributed by atoms with Gasteiger partial charge in [-0.2, -0.15) is 0 Å². The van der Waals surface area contributed by atoms with Crippen LogP contribution < -0.4 is 0 Å². The van der Waals surface area contributed by atoms with Crippen LogP contribution in [0.2, 0.25) is 0 Å². The van der Waals surface area contributed by atoms with Gasteiger partial charge < -0.3 is 4.74 Å². The maximum absolute atomic E-state index is 6.04. The molecule has 2 atom stereocenters. The first-order valence-corrected chi connectivity index (χ1v) is 10.7. The van der Waals surface area contributed by atoms with Gasteiger partial charge in [0.15, 0.2) is 0 Å². The lowest BCUT2D eigenvalue weighted by Gasteiger charge is -2.20. The second kappa shape index (κ2) is 15.0. The van der Waals surface area contributed by atoms with Gasteiger partial charge in [0.2, 0.25) is 0 Å². The topological polar surface area (TPSA) is 9.23 Å². The van der Waals surface area contributed by atoms with Gasteiger partial charge in [0, 0.05) is 5.33 Å². The van der Waals surface area contributed by atoms with Gasteiger partial charge in [-0.25, -0.2) is 0 Å². The van der Waals surface area contributed by atoms with Crippen molar-refractivity contribution >= 4 is 15.9 Å². The van der Waals surface area contributed by atoms with Gasteiger partial charge in [-0.15, -0.1) is 0 Å². The molecule has 0 amide bonds. The quantitative estimate of drug-likeness (QED) is 0.216. The van der Waals surface area contributed by atoms with Crippen molar-refractivity contribution in [2.75, 3.05) is 11.9 Å². The third-order valence-electron chi connectivity index (χ3n) is 4.45. The van der Waals surface area contributed by atoms with E-state index in [0.29, 0.717) is 6.10 Å².